The van der Waals surface area contributed by atoms with Crippen LogP contribution in [0.2, 0.25) is 0 Å². The summed E-state index contributed by atoms with van der Waals surface area (Å²) in [4.78, 5) is 19.3. The summed E-state index contributed by atoms with van der Waals surface area (Å²) in [6.45, 7) is 2.01. The van der Waals surface area contributed by atoms with Gasteiger partial charge < -0.3 is 4.74 Å². The Labute approximate surface area is 145 Å². The molecule has 0 atom stereocenters. The van der Waals surface area contributed by atoms with Gasteiger partial charge in [-0.1, -0.05) is 30.3 Å². The fourth-order valence-electron chi connectivity index (χ4n) is 2.33. The van der Waals surface area contributed by atoms with Gasteiger partial charge in [-0.15, -0.1) is 0 Å². The summed E-state index contributed by atoms with van der Waals surface area (Å²) in [6.07, 6.45) is 1.87. The number of nitrogens with zero attached hydrogens (tertiary/aromatic N) is 2. The van der Waals surface area contributed by atoms with E-state index < -0.39 is 0 Å². The summed E-state index contributed by atoms with van der Waals surface area (Å²) in [5.41, 5.74) is 2.88. The Balaban J connectivity index is 1.91. The van der Waals surface area contributed by atoms with Crippen LogP contribution in [0.15, 0.2) is 58.4 Å². The zero-order valence-electron chi connectivity index (χ0n) is 13.8. The van der Waals surface area contributed by atoms with E-state index >= 15 is 0 Å². The van der Waals surface area contributed by atoms with Crippen LogP contribution in [0.1, 0.15) is 11.1 Å². The van der Waals surface area contributed by atoms with Gasteiger partial charge >= 0.3 is 0 Å². The van der Waals surface area contributed by atoms with Crippen LogP contribution in [-0.4, -0.2) is 30.1 Å². The van der Waals surface area contributed by atoms with E-state index in [1.165, 1.54) is 11.8 Å². The maximum atomic E-state index is 12.5. The standard InChI is InChI=1S/C19H18N2O2S/c1-13-7-4-5-10-16(13)20-19-21(2)18(22)17(24-19)12-14-8-6-9-15(11-14)23-3/h4-12H,1-3H3/b17-12+,20-19?. The Morgan fingerprint density at radius 2 is 1.96 bits per heavy atom. The number of likely N-dealkylation sites (N-methyl/N-ethyl adjacent to an activating group) is 1. The van der Waals surface area contributed by atoms with Crippen LogP contribution in [0.4, 0.5) is 5.69 Å². The third kappa shape index (κ3) is 3.36. The van der Waals surface area contributed by atoms with Gasteiger partial charge in [-0.2, -0.15) is 0 Å². The number of benzene rings is 2. The Morgan fingerprint density at radius 1 is 1.17 bits per heavy atom. The zero-order chi connectivity index (χ0) is 17.1. The number of carbonyl (C=O) groups excluding carboxylic acids is 1. The molecular weight excluding hydrogens is 320 g/mol. The molecule has 4 nitrogen and oxygen atoms in total. The van der Waals surface area contributed by atoms with E-state index in [1.54, 1.807) is 19.1 Å². The van der Waals surface area contributed by atoms with Crippen LogP contribution < -0.4 is 4.74 Å². The maximum absolute atomic E-state index is 12.5. The van der Waals surface area contributed by atoms with E-state index in [2.05, 4.69) is 4.99 Å². The van der Waals surface area contributed by atoms with Crippen LogP contribution >= 0.6 is 11.8 Å². The second kappa shape index (κ2) is 6.93. The lowest BCUT2D eigenvalue weighted by molar-refractivity contribution is -0.121. The summed E-state index contributed by atoms with van der Waals surface area (Å²) < 4.78 is 5.23. The number of methoxy groups -OCH3 is 1. The van der Waals surface area contributed by atoms with Gasteiger partial charge in [-0.05, 0) is 54.1 Å². The maximum Gasteiger partial charge on any atom is 0.266 e. The Morgan fingerprint density at radius 3 is 2.71 bits per heavy atom. The number of hydrogen-bond acceptors (Lipinski definition) is 4. The number of aryl methyl sites for hydroxylation is 1. The lowest BCUT2D eigenvalue weighted by Crippen LogP contribution is -2.23. The third-order valence-electron chi connectivity index (χ3n) is 3.73. The van der Waals surface area contributed by atoms with Crippen LogP contribution in [0.3, 0.4) is 0 Å². The first kappa shape index (κ1) is 16.3. The fraction of sp³-hybridized carbons (Fsp3) is 0.158. The molecule has 0 aliphatic carbocycles. The molecule has 1 fully saturated rings. The topological polar surface area (TPSA) is 41.9 Å². The number of ether oxygens (including phenoxy) is 1. The van der Waals surface area contributed by atoms with Gasteiger partial charge in [0.15, 0.2) is 5.17 Å². The average Bonchev–Trinajstić information content (AvgIpc) is 2.85. The van der Waals surface area contributed by atoms with Gasteiger partial charge in [0.2, 0.25) is 0 Å². The Bertz CT molecular complexity index is 843. The molecule has 1 heterocycles. The van der Waals surface area contributed by atoms with Crippen LogP contribution in [-0.2, 0) is 4.79 Å². The van der Waals surface area contributed by atoms with E-state index in [1.807, 2.05) is 61.5 Å². The van der Waals surface area contributed by atoms with Crippen LogP contribution in [0.25, 0.3) is 6.08 Å². The normalized spacial score (nSPS) is 17.8. The van der Waals surface area contributed by atoms with Gasteiger partial charge in [0.05, 0.1) is 17.7 Å². The Hall–Kier alpha value is -2.53. The zero-order valence-corrected chi connectivity index (χ0v) is 14.6. The molecule has 0 unspecified atom stereocenters. The summed E-state index contributed by atoms with van der Waals surface area (Å²) in [5, 5.41) is 0.684. The van der Waals surface area contributed by atoms with Gasteiger partial charge in [-0.3, -0.25) is 9.69 Å². The molecule has 0 N–H and O–H groups in total. The second-order valence-corrected chi connectivity index (χ2v) is 6.44. The highest BCUT2D eigenvalue weighted by Gasteiger charge is 2.30. The molecule has 24 heavy (non-hydrogen) atoms. The smallest absolute Gasteiger partial charge is 0.266 e. The molecule has 1 saturated heterocycles. The van der Waals surface area contributed by atoms with Gasteiger partial charge in [0, 0.05) is 7.05 Å². The van der Waals surface area contributed by atoms with Crippen LogP contribution in [0.5, 0.6) is 5.75 Å². The minimum Gasteiger partial charge on any atom is -0.497 e. The van der Waals surface area contributed by atoms with Crippen molar-refractivity contribution in [1.82, 2.24) is 4.90 Å². The lowest BCUT2D eigenvalue weighted by atomic mass is 10.2. The predicted molar refractivity (Wildman–Crippen MR) is 99.6 cm³/mol. The summed E-state index contributed by atoms with van der Waals surface area (Å²) in [7, 11) is 3.38. The number of amidine groups is 1. The van der Waals surface area contributed by atoms with Crippen molar-refractivity contribution in [3.05, 3.63) is 64.6 Å². The SMILES string of the molecule is COc1cccc(/C=C2/SC(=Nc3ccccc3C)N(C)C2=O)c1. The van der Waals surface area contributed by atoms with Crippen molar-refractivity contribution in [2.75, 3.05) is 14.2 Å². The van der Waals surface area contributed by atoms with E-state index in [9.17, 15) is 4.79 Å². The third-order valence-corrected chi connectivity index (χ3v) is 4.79. The van der Waals surface area contributed by atoms with Gasteiger partial charge in [0.25, 0.3) is 5.91 Å². The molecule has 0 radical (unpaired) electrons. The molecular formula is C19H18N2O2S. The molecule has 0 saturated carbocycles. The molecule has 2 aromatic rings. The summed E-state index contributed by atoms with van der Waals surface area (Å²) >= 11 is 1.39. The molecule has 0 bridgehead atoms. The number of thioether (sulfide) groups is 1. The number of aliphatic imine (C=N–C) groups is 1. The molecule has 5 heteroatoms. The highest BCUT2D eigenvalue weighted by Crippen LogP contribution is 2.34. The van der Waals surface area contributed by atoms with E-state index in [4.69, 9.17) is 4.74 Å². The monoisotopic (exact) mass is 338 g/mol. The molecule has 0 aromatic heterocycles. The summed E-state index contributed by atoms with van der Waals surface area (Å²) in [6, 6.07) is 15.5. The van der Waals surface area contributed by atoms with Crippen molar-refractivity contribution < 1.29 is 9.53 Å². The van der Waals surface area contributed by atoms with Crippen LogP contribution in [0, 0.1) is 6.92 Å². The first-order valence-electron chi connectivity index (χ1n) is 7.54. The van der Waals surface area contributed by atoms with Crippen molar-refractivity contribution in [1.29, 1.82) is 0 Å². The number of amides is 1. The van der Waals surface area contributed by atoms with Crippen molar-refractivity contribution in [2.24, 2.45) is 4.99 Å². The number of hydrogen-bond donors (Lipinski definition) is 0. The molecule has 1 aliphatic rings. The number of rotatable bonds is 3. The van der Waals surface area contributed by atoms with Crippen molar-refractivity contribution in [3.63, 3.8) is 0 Å². The minimum absolute atomic E-state index is 0.0462. The van der Waals surface area contributed by atoms with Gasteiger partial charge in [-0.25, -0.2) is 4.99 Å². The predicted octanol–water partition coefficient (Wildman–Crippen LogP) is 4.24. The molecule has 122 valence electrons. The number of para-hydroxylation sites is 1. The summed E-state index contributed by atoms with van der Waals surface area (Å²) in [5.74, 6) is 0.720. The first-order chi connectivity index (χ1) is 11.6. The van der Waals surface area contributed by atoms with E-state index in [0.717, 1.165) is 22.6 Å². The van der Waals surface area contributed by atoms with E-state index in [-0.39, 0.29) is 5.91 Å². The van der Waals surface area contributed by atoms with Crippen molar-refractivity contribution >= 4 is 34.6 Å². The molecule has 2 aromatic carbocycles. The molecule has 0 spiro atoms. The van der Waals surface area contributed by atoms with Crippen molar-refractivity contribution in [3.8, 4) is 5.75 Å². The van der Waals surface area contributed by atoms with E-state index in [0.29, 0.717) is 10.1 Å². The quantitative estimate of drug-likeness (QED) is 0.786. The largest absolute Gasteiger partial charge is 0.497 e. The lowest BCUT2D eigenvalue weighted by Gasteiger charge is -2.08. The first-order valence-corrected chi connectivity index (χ1v) is 8.36. The Kier molecular flexibility index (Phi) is 4.71. The molecule has 1 aliphatic heterocycles. The second-order valence-electron chi connectivity index (χ2n) is 5.43. The van der Waals surface area contributed by atoms with Gasteiger partial charge in [0.1, 0.15) is 5.75 Å². The fourth-order valence-corrected chi connectivity index (χ4v) is 3.31. The number of carbonyl (C=O) groups is 1. The molecule has 1 amide bonds. The minimum atomic E-state index is -0.0462. The average molecular weight is 338 g/mol. The highest BCUT2D eigenvalue weighted by atomic mass is 32.2. The molecule has 3 rings (SSSR count). The highest BCUT2D eigenvalue weighted by molar-refractivity contribution is 8.18. The van der Waals surface area contributed by atoms with Crippen molar-refractivity contribution in [2.45, 2.75) is 6.92 Å².